The first-order chi connectivity index (χ1) is 8.54. The van der Waals surface area contributed by atoms with Crippen LogP contribution < -0.4 is 5.73 Å². The molecule has 2 N–H and O–H groups in total. The van der Waals surface area contributed by atoms with Gasteiger partial charge in [0.1, 0.15) is 0 Å². The quantitative estimate of drug-likeness (QED) is 0.673. The van der Waals surface area contributed by atoms with Gasteiger partial charge in [-0.15, -0.1) is 0 Å². The largest absolute Gasteiger partial charge is 0.376 e. The molecule has 2 heterocycles. The van der Waals surface area contributed by atoms with Gasteiger partial charge in [0.2, 0.25) is 11.8 Å². The average molecular weight is 252 g/mol. The summed E-state index contributed by atoms with van der Waals surface area (Å²) in [5, 5.41) is 0. The van der Waals surface area contributed by atoms with Gasteiger partial charge in [-0.1, -0.05) is 13.8 Å². The zero-order valence-corrected chi connectivity index (χ0v) is 10.8. The van der Waals surface area contributed by atoms with E-state index in [1.807, 2.05) is 13.8 Å². The number of ether oxygens (including phenoxy) is 1. The van der Waals surface area contributed by atoms with Gasteiger partial charge in [-0.05, 0) is 12.8 Å². The van der Waals surface area contributed by atoms with Crippen molar-refractivity contribution in [2.45, 2.75) is 44.9 Å². The van der Waals surface area contributed by atoms with Crippen molar-refractivity contribution >= 4 is 11.8 Å². The number of likely N-dealkylation sites (tertiary alicyclic amines) is 1. The first-order valence-electron chi connectivity index (χ1n) is 6.78. The van der Waals surface area contributed by atoms with E-state index < -0.39 is 0 Å². The summed E-state index contributed by atoms with van der Waals surface area (Å²) in [6.07, 6.45) is 2.04. The number of rotatable bonds is 1. The third-order valence-corrected chi connectivity index (χ3v) is 4.94. The summed E-state index contributed by atoms with van der Waals surface area (Å²) in [7, 11) is 0. The second-order valence-electron chi connectivity index (χ2n) is 5.83. The van der Waals surface area contributed by atoms with Crippen molar-refractivity contribution in [1.29, 1.82) is 0 Å². The average Bonchev–Trinajstić information content (AvgIpc) is 2.56. The second kappa shape index (κ2) is 4.03. The molecule has 0 bridgehead atoms. The van der Waals surface area contributed by atoms with Crippen LogP contribution in [0.2, 0.25) is 0 Å². The van der Waals surface area contributed by atoms with Crippen LogP contribution in [0.3, 0.4) is 0 Å². The fourth-order valence-corrected chi connectivity index (χ4v) is 3.50. The molecule has 0 radical (unpaired) electrons. The zero-order valence-electron chi connectivity index (χ0n) is 10.8. The van der Waals surface area contributed by atoms with Crippen LogP contribution >= 0.6 is 0 Å². The molecule has 3 aliphatic rings. The Morgan fingerprint density at radius 3 is 2.44 bits per heavy atom. The summed E-state index contributed by atoms with van der Waals surface area (Å²) in [5.41, 5.74) is 6.15. The molecule has 6 unspecified atom stereocenters. The lowest BCUT2D eigenvalue weighted by Crippen LogP contribution is -2.73. The summed E-state index contributed by atoms with van der Waals surface area (Å²) in [6.45, 7) is 4.34. The molecule has 3 rings (SSSR count). The van der Waals surface area contributed by atoms with E-state index in [9.17, 15) is 9.59 Å². The standard InChI is InChI=1S/C13H20N2O3/c1-6-7(2)13(17)15(12(6)16)10-9(14)8-4-3-5-18-11(8)10/h6-11H,3-5,14H2,1-2H3. The maximum atomic E-state index is 12.2. The van der Waals surface area contributed by atoms with Gasteiger partial charge in [-0.25, -0.2) is 0 Å². The van der Waals surface area contributed by atoms with E-state index in [0.29, 0.717) is 12.5 Å². The zero-order chi connectivity index (χ0) is 13.0. The van der Waals surface area contributed by atoms with Crippen molar-refractivity contribution in [2.24, 2.45) is 23.5 Å². The molecular formula is C13H20N2O3. The number of carbonyl (C=O) groups excluding carboxylic acids is 2. The van der Waals surface area contributed by atoms with Crippen molar-refractivity contribution in [2.75, 3.05) is 6.61 Å². The van der Waals surface area contributed by atoms with E-state index in [2.05, 4.69) is 0 Å². The minimum atomic E-state index is -0.234. The Hall–Kier alpha value is -0.940. The van der Waals surface area contributed by atoms with Gasteiger partial charge in [0, 0.05) is 30.4 Å². The monoisotopic (exact) mass is 252 g/mol. The first kappa shape index (κ1) is 12.1. The van der Waals surface area contributed by atoms with Crippen LogP contribution in [0.1, 0.15) is 26.7 Å². The molecule has 5 heteroatoms. The molecule has 2 saturated heterocycles. The molecule has 6 atom stereocenters. The van der Waals surface area contributed by atoms with E-state index >= 15 is 0 Å². The number of hydrogen-bond acceptors (Lipinski definition) is 4. The summed E-state index contributed by atoms with van der Waals surface area (Å²) in [5.74, 6) is -0.309. The summed E-state index contributed by atoms with van der Waals surface area (Å²) >= 11 is 0. The molecule has 1 saturated carbocycles. The third kappa shape index (κ3) is 1.40. The number of nitrogens with zero attached hydrogens (tertiary/aromatic N) is 1. The molecule has 18 heavy (non-hydrogen) atoms. The number of hydrogen-bond donors (Lipinski definition) is 1. The number of amides is 2. The van der Waals surface area contributed by atoms with Crippen molar-refractivity contribution in [1.82, 2.24) is 4.90 Å². The van der Waals surface area contributed by atoms with Crippen LogP contribution in [-0.4, -0.2) is 41.5 Å². The van der Waals surface area contributed by atoms with Gasteiger partial charge in [0.15, 0.2) is 0 Å². The molecule has 100 valence electrons. The van der Waals surface area contributed by atoms with Crippen LogP contribution in [0.4, 0.5) is 0 Å². The van der Waals surface area contributed by atoms with Gasteiger partial charge in [0.05, 0.1) is 12.1 Å². The van der Waals surface area contributed by atoms with Gasteiger partial charge < -0.3 is 10.5 Å². The number of nitrogens with two attached hydrogens (primary N) is 1. The third-order valence-electron chi connectivity index (χ3n) is 4.94. The van der Waals surface area contributed by atoms with Crippen LogP contribution in [0.15, 0.2) is 0 Å². The Labute approximate surface area is 107 Å². The van der Waals surface area contributed by atoms with Crippen molar-refractivity contribution in [3.05, 3.63) is 0 Å². The van der Waals surface area contributed by atoms with Crippen LogP contribution in [0.5, 0.6) is 0 Å². The molecule has 2 aliphatic heterocycles. The normalized spacial score (nSPS) is 48.1. The highest BCUT2D eigenvalue weighted by Gasteiger charge is 2.59. The molecule has 0 aromatic rings. The van der Waals surface area contributed by atoms with Crippen LogP contribution in [-0.2, 0) is 14.3 Å². The molecular weight excluding hydrogens is 232 g/mol. The lowest BCUT2D eigenvalue weighted by atomic mass is 9.68. The highest BCUT2D eigenvalue weighted by molar-refractivity contribution is 6.05. The van der Waals surface area contributed by atoms with E-state index in [1.54, 1.807) is 0 Å². The molecule has 0 aromatic heterocycles. The predicted octanol–water partition coefficient (Wildman–Crippen LogP) is 0.132. The topological polar surface area (TPSA) is 72.6 Å². The fourth-order valence-electron chi connectivity index (χ4n) is 3.50. The number of imide groups is 1. The minimum Gasteiger partial charge on any atom is -0.376 e. The second-order valence-corrected chi connectivity index (χ2v) is 5.83. The highest BCUT2D eigenvalue weighted by atomic mass is 16.5. The molecule has 0 aromatic carbocycles. The van der Waals surface area contributed by atoms with Gasteiger partial charge in [0.25, 0.3) is 0 Å². The Kier molecular flexibility index (Phi) is 2.71. The van der Waals surface area contributed by atoms with E-state index in [-0.39, 0.29) is 41.8 Å². The van der Waals surface area contributed by atoms with Crippen molar-refractivity contribution in [3.8, 4) is 0 Å². The fraction of sp³-hybridized carbons (Fsp3) is 0.846. The van der Waals surface area contributed by atoms with Gasteiger partial charge in [-0.3, -0.25) is 14.5 Å². The molecule has 3 fully saturated rings. The summed E-state index contributed by atoms with van der Waals surface area (Å²) < 4.78 is 5.71. The van der Waals surface area contributed by atoms with Crippen LogP contribution in [0, 0.1) is 17.8 Å². The maximum absolute atomic E-state index is 12.2. The summed E-state index contributed by atoms with van der Waals surface area (Å²) in [4.78, 5) is 25.7. The Balaban J connectivity index is 1.83. The molecule has 5 nitrogen and oxygen atoms in total. The summed E-state index contributed by atoms with van der Waals surface area (Å²) in [6, 6.07) is -0.344. The lowest BCUT2D eigenvalue weighted by Gasteiger charge is -2.54. The number of fused-ring (bicyclic) bond motifs is 1. The smallest absolute Gasteiger partial charge is 0.233 e. The van der Waals surface area contributed by atoms with Crippen molar-refractivity contribution in [3.63, 3.8) is 0 Å². The Morgan fingerprint density at radius 2 is 1.83 bits per heavy atom. The van der Waals surface area contributed by atoms with Crippen LogP contribution in [0.25, 0.3) is 0 Å². The predicted molar refractivity (Wildman–Crippen MR) is 64.4 cm³/mol. The maximum Gasteiger partial charge on any atom is 0.233 e. The van der Waals surface area contributed by atoms with E-state index in [4.69, 9.17) is 10.5 Å². The molecule has 1 aliphatic carbocycles. The minimum absolute atomic E-state index is 0.0286. The van der Waals surface area contributed by atoms with Crippen molar-refractivity contribution < 1.29 is 14.3 Å². The van der Waals surface area contributed by atoms with Gasteiger partial charge >= 0.3 is 0 Å². The van der Waals surface area contributed by atoms with E-state index in [1.165, 1.54) is 4.90 Å². The highest BCUT2D eigenvalue weighted by Crippen LogP contribution is 2.42. The van der Waals surface area contributed by atoms with Gasteiger partial charge in [-0.2, -0.15) is 0 Å². The first-order valence-corrected chi connectivity index (χ1v) is 6.78. The van der Waals surface area contributed by atoms with E-state index in [0.717, 1.165) is 12.8 Å². The number of carbonyl (C=O) groups is 2. The SMILES string of the molecule is CC1C(=O)N(C2C(N)C3CCCOC32)C(=O)C1C. The molecule has 2 amide bonds. The Morgan fingerprint density at radius 1 is 1.22 bits per heavy atom. The molecule has 0 spiro atoms. The Bertz CT molecular complexity index is 378. The lowest BCUT2D eigenvalue weighted by molar-refractivity contribution is -0.174.